The van der Waals surface area contributed by atoms with Crippen molar-refractivity contribution in [3.8, 4) is 16.5 Å². The summed E-state index contributed by atoms with van der Waals surface area (Å²) in [5.74, 6) is 0.686. The van der Waals surface area contributed by atoms with E-state index in [4.69, 9.17) is 4.74 Å². The lowest BCUT2D eigenvalue weighted by Gasteiger charge is -1.96. The number of aromatic nitrogens is 1. The molecule has 0 N–H and O–H groups in total. The maximum Gasteiger partial charge on any atom is 0.224 e. The van der Waals surface area contributed by atoms with Gasteiger partial charge in [-0.3, -0.25) is 0 Å². The topological polar surface area (TPSA) is 22.1 Å². The van der Waals surface area contributed by atoms with Crippen LogP contribution in [0, 0.1) is 6.92 Å². The standard InChI is InChI=1S/C11H11NOS/c1-8-3-5-9(6-4-8)11-12-10(13-2)7-14-11/h3-7H,1-2H3. The third kappa shape index (κ3) is 1.77. The summed E-state index contributed by atoms with van der Waals surface area (Å²) in [4.78, 5) is 4.32. The quantitative estimate of drug-likeness (QED) is 0.751. The molecule has 0 atom stereocenters. The second-order valence-corrected chi connectivity index (χ2v) is 3.92. The van der Waals surface area contributed by atoms with E-state index in [0.717, 1.165) is 10.6 Å². The first-order valence-electron chi connectivity index (χ1n) is 4.36. The third-order valence-electron chi connectivity index (χ3n) is 1.99. The van der Waals surface area contributed by atoms with Gasteiger partial charge in [-0.2, -0.15) is 0 Å². The molecule has 0 fully saturated rings. The summed E-state index contributed by atoms with van der Waals surface area (Å²) in [7, 11) is 1.63. The minimum absolute atomic E-state index is 0.686. The van der Waals surface area contributed by atoms with Crippen molar-refractivity contribution in [2.24, 2.45) is 0 Å². The number of ether oxygens (including phenoxy) is 1. The molecule has 0 radical (unpaired) electrons. The van der Waals surface area contributed by atoms with E-state index in [0.29, 0.717) is 5.88 Å². The molecule has 72 valence electrons. The Kier molecular flexibility index (Phi) is 2.50. The summed E-state index contributed by atoms with van der Waals surface area (Å²) >= 11 is 1.60. The van der Waals surface area contributed by atoms with Crippen LogP contribution in [0.25, 0.3) is 10.6 Å². The van der Waals surface area contributed by atoms with Crippen molar-refractivity contribution in [1.82, 2.24) is 4.98 Å². The number of aryl methyl sites for hydroxylation is 1. The molecule has 14 heavy (non-hydrogen) atoms. The number of hydrogen-bond acceptors (Lipinski definition) is 3. The fourth-order valence-corrected chi connectivity index (χ4v) is 1.96. The van der Waals surface area contributed by atoms with Gasteiger partial charge in [0.1, 0.15) is 5.01 Å². The predicted molar refractivity (Wildman–Crippen MR) is 58.8 cm³/mol. The Morgan fingerprint density at radius 3 is 2.50 bits per heavy atom. The van der Waals surface area contributed by atoms with Crippen LogP contribution >= 0.6 is 11.3 Å². The van der Waals surface area contributed by atoms with Gasteiger partial charge < -0.3 is 4.74 Å². The molecule has 0 spiro atoms. The second kappa shape index (κ2) is 3.80. The van der Waals surface area contributed by atoms with Gasteiger partial charge in [-0.15, -0.1) is 11.3 Å². The summed E-state index contributed by atoms with van der Waals surface area (Å²) in [5.41, 5.74) is 2.40. The smallest absolute Gasteiger partial charge is 0.224 e. The van der Waals surface area contributed by atoms with Gasteiger partial charge in [-0.05, 0) is 6.92 Å². The van der Waals surface area contributed by atoms with Gasteiger partial charge in [0.25, 0.3) is 0 Å². The normalized spacial score (nSPS) is 10.1. The minimum atomic E-state index is 0.686. The highest BCUT2D eigenvalue weighted by Crippen LogP contribution is 2.26. The zero-order valence-electron chi connectivity index (χ0n) is 8.15. The number of nitrogens with zero attached hydrogens (tertiary/aromatic N) is 1. The van der Waals surface area contributed by atoms with Gasteiger partial charge in [0.2, 0.25) is 5.88 Å². The molecular weight excluding hydrogens is 194 g/mol. The average Bonchev–Trinajstić information content (AvgIpc) is 2.67. The van der Waals surface area contributed by atoms with Crippen molar-refractivity contribution in [3.05, 3.63) is 35.2 Å². The van der Waals surface area contributed by atoms with Crippen molar-refractivity contribution in [3.63, 3.8) is 0 Å². The minimum Gasteiger partial charge on any atom is -0.480 e. The van der Waals surface area contributed by atoms with E-state index >= 15 is 0 Å². The van der Waals surface area contributed by atoms with Crippen LogP contribution in [0.1, 0.15) is 5.56 Å². The van der Waals surface area contributed by atoms with Crippen LogP contribution < -0.4 is 4.74 Å². The molecule has 0 amide bonds. The van der Waals surface area contributed by atoms with Gasteiger partial charge in [0.05, 0.1) is 12.5 Å². The predicted octanol–water partition coefficient (Wildman–Crippen LogP) is 3.13. The first kappa shape index (κ1) is 9.21. The van der Waals surface area contributed by atoms with E-state index in [1.54, 1.807) is 18.4 Å². The second-order valence-electron chi connectivity index (χ2n) is 3.06. The molecule has 0 aliphatic heterocycles. The Hall–Kier alpha value is -1.35. The molecule has 1 aromatic carbocycles. The van der Waals surface area contributed by atoms with Gasteiger partial charge in [-0.25, -0.2) is 4.98 Å². The molecule has 2 rings (SSSR count). The van der Waals surface area contributed by atoms with Crippen LogP contribution in [0.2, 0.25) is 0 Å². The Labute approximate surface area is 87.2 Å². The van der Waals surface area contributed by atoms with E-state index in [1.165, 1.54) is 5.56 Å². The maximum absolute atomic E-state index is 5.04. The van der Waals surface area contributed by atoms with Crippen molar-refractivity contribution in [1.29, 1.82) is 0 Å². The fourth-order valence-electron chi connectivity index (χ4n) is 1.18. The highest BCUT2D eigenvalue weighted by molar-refractivity contribution is 7.13. The van der Waals surface area contributed by atoms with Gasteiger partial charge in [0.15, 0.2) is 0 Å². The summed E-state index contributed by atoms with van der Waals surface area (Å²) in [6.45, 7) is 2.08. The molecule has 2 nitrogen and oxygen atoms in total. The van der Waals surface area contributed by atoms with Crippen molar-refractivity contribution < 1.29 is 4.74 Å². The Morgan fingerprint density at radius 2 is 1.93 bits per heavy atom. The van der Waals surface area contributed by atoms with Crippen LogP contribution in [-0.2, 0) is 0 Å². The molecule has 0 bridgehead atoms. The number of benzene rings is 1. The van der Waals surface area contributed by atoms with Gasteiger partial charge >= 0.3 is 0 Å². The molecule has 0 aliphatic rings. The number of hydrogen-bond donors (Lipinski definition) is 0. The Morgan fingerprint density at radius 1 is 1.21 bits per heavy atom. The molecular formula is C11H11NOS. The molecule has 2 aromatic rings. The first-order chi connectivity index (χ1) is 6.79. The lowest BCUT2D eigenvalue weighted by Crippen LogP contribution is -1.82. The summed E-state index contributed by atoms with van der Waals surface area (Å²) < 4.78 is 5.04. The van der Waals surface area contributed by atoms with E-state index in [-0.39, 0.29) is 0 Å². The van der Waals surface area contributed by atoms with Crippen LogP contribution in [0.4, 0.5) is 0 Å². The fraction of sp³-hybridized carbons (Fsp3) is 0.182. The Balaban J connectivity index is 2.34. The van der Waals surface area contributed by atoms with E-state index < -0.39 is 0 Å². The van der Waals surface area contributed by atoms with Crippen molar-refractivity contribution in [2.45, 2.75) is 6.92 Å². The lowest BCUT2D eigenvalue weighted by molar-refractivity contribution is 0.401. The van der Waals surface area contributed by atoms with Crippen LogP contribution in [0.15, 0.2) is 29.6 Å². The largest absolute Gasteiger partial charge is 0.480 e. The van der Waals surface area contributed by atoms with E-state index in [9.17, 15) is 0 Å². The number of rotatable bonds is 2. The van der Waals surface area contributed by atoms with E-state index in [2.05, 4.69) is 36.2 Å². The molecule has 0 unspecified atom stereocenters. The molecule has 0 saturated carbocycles. The summed E-state index contributed by atoms with van der Waals surface area (Å²) in [5, 5.41) is 2.91. The zero-order chi connectivity index (χ0) is 9.97. The third-order valence-corrected chi connectivity index (χ3v) is 2.86. The highest BCUT2D eigenvalue weighted by Gasteiger charge is 2.03. The highest BCUT2D eigenvalue weighted by atomic mass is 32.1. The van der Waals surface area contributed by atoms with Crippen LogP contribution in [-0.4, -0.2) is 12.1 Å². The molecule has 1 aromatic heterocycles. The maximum atomic E-state index is 5.04. The van der Waals surface area contributed by atoms with Gasteiger partial charge in [0, 0.05) is 5.56 Å². The zero-order valence-corrected chi connectivity index (χ0v) is 8.97. The molecule has 3 heteroatoms. The lowest BCUT2D eigenvalue weighted by atomic mass is 10.2. The van der Waals surface area contributed by atoms with Crippen LogP contribution in [0.5, 0.6) is 5.88 Å². The first-order valence-corrected chi connectivity index (χ1v) is 5.24. The Bertz CT molecular complexity index is 419. The monoisotopic (exact) mass is 205 g/mol. The summed E-state index contributed by atoms with van der Waals surface area (Å²) in [6.07, 6.45) is 0. The van der Waals surface area contributed by atoms with Crippen LogP contribution in [0.3, 0.4) is 0 Å². The number of thiazole rings is 1. The van der Waals surface area contributed by atoms with Gasteiger partial charge in [-0.1, -0.05) is 29.8 Å². The molecule has 1 heterocycles. The van der Waals surface area contributed by atoms with Crippen molar-refractivity contribution >= 4 is 11.3 Å². The summed E-state index contributed by atoms with van der Waals surface area (Å²) in [6, 6.07) is 8.33. The molecule has 0 aliphatic carbocycles. The SMILES string of the molecule is COc1csc(-c2ccc(C)cc2)n1. The van der Waals surface area contributed by atoms with E-state index in [1.807, 2.05) is 5.38 Å². The molecule has 0 saturated heterocycles. The average molecular weight is 205 g/mol. The number of methoxy groups -OCH3 is 1. The van der Waals surface area contributed by atoms with Crippen molar-refractivity contribution in [2.75, 3.05) is 7.11 Å².